The summed E-state index contributed by atoms with van der Waals surface area (Å²) in [7, 11) is 0. The molecule has 370 valence electrons. The molecule has 1 spiro atoms. The van der Waals surface area contributed by atoms with E-state index in [9.17, 15) is 0 Å². The van der Waals surface area contributed by atoms with Gasteiger partial charge in [0.25, 0.3) is 0 Å². The summed E-state index contributed by atoms with van der Waals surface area (Å²) in [6.45, 7) is 4.74. The van der Waals surface area contributed by atoms with Crippen LogP contribution in [0.4, 0.5) is 17.1 Å². The smallest absolute Gasteiger partial charge is 0.143 e. The van der Waals surface area contributed by atoms with Crippen molar-refractivity contribution >= 4 is 60.8 Å². The van der Waals surface area contributed by atoms with E-state index in [1.165, 1.54) is 94.1 Å². The molecular weight excluding hydrogens is 957 g/mol. The fourth-order valence-electron chi connectivity index (χ4n) is 14.6. The third-order valence-corrected chi connectivity index (χ3v) is 18.0. The molecular formula is C76H50N2O. The minimum Gasteiger partial charge on any atom is -0.455 e. The molecule has 12 aromatic carbocycles. The van der Waals surface area contributed by atoms with Crippen molar-refractivity contribution in [3.8, 4) is 61.3 Å². The van der Waals surface area contributed by atoms with Gasteiger partial charge in [-0.3, -0.25) is 0 Å². The normalized spacial score (nSPS) is 13.9. The Morgan fingerprint density at radius 2 is 0.861 bits per heavy atom. The standard InChI is InChI=1S/C76H50N2O/c1-75(2)64-28-11-6-23-57(64)61-45-63-62-44-49(38-43-69(62)78(71(63)46-68(61)75)50-18-4-3-5-19-50)47-34-39-51(40-35-47)77(52-41-36-48(37-42-52)53-25-16-27-60-58-24-10-15-33-72(58)79-74(53)60)70-32-17-26-59-56-22-9-14-31-67(56)76(73(59)70)65-29-12-7-20-54(65)55-21-8-13-30-66(55)76/h3-46H,1-2H3. The summed E-state index contributed by atoms with van der Waals surface area (Å²) < 4.78 is 9.05. The number of hydrogen-bond acceptors (Lipinski definition) is 2. The van der Waals surface area contributed by atoms with Crippen LogP contribution in [0.5, 0.6) is 0 Å². The zero-order chi connectivity index (χ0) is 52.1. The molecule has 0 fully saturated rings. The topological polar surface area (TPSA) is 21.3 Å². The van der Waals surface area contributed by atoms with Gasteiger partial charge in [0.15, 0.2) is 0 Å². The van der Waals surface area contributed by atoms with Crippen molar-refractivity contribution < 1.29 is 4.42 Å². The van der Waals surface area contributed by atoms with Crippen molar-refractivity contribution in [3.63, 3.8) is 0 Å². The first-order valence-electron chi connectivity index (χ1n) is 27.6. The number of para-hydroxylation sites is 3. The molecule has 14 aromatic rings. The number of fused-ring (bicyclic) bond motifs is 19. The van der Waals surface area contributed by atoms with Crippen LogP contribution >= 0.6 is 0 Å². The van der Waals surface area contributed by atoms with Crippen LogP contribution in [0, 0.1) is 0 Å². The van der Waals surface area contributed by atoms with Crippen molar-refractivity contribution in [1.82, 2.24) is 4.57 Å². The van der Waals surface area contributed by atoms with Gasteiger partial charge < -0.3 is 13.9 Å². The first kappa shape index (κ1) is 44.2. The largest absolute Gasteiger partial charge is 0.455 e. The maximum absolute atomic E-state index is 6.59. The summed E-state index contributed by atoms with van der Waals surface area (Å²) in [5, 5.41) is 4.76. The van der Waals surface area contributed by atoms with Crippen LogP contribution in [0.3, 0.4) is 0 Å². The van der Waals surface area contributed by atoms with Gasteiger partial charge in [0.05, 0.1) is 22.1 Å². The van der Waals surface area contributed by atoms with E-state index < -0.39 is 5.41 Å². The van der Waals surface area contributed by atoms with Crippen molar-refractivity contribution in [2.45, 2.75) is 24.7 Å². The lowest BCUT2D eigenvalue weighted by molar-refractivity contribution is 0.661. The van der Waals surface area contributed by atoms with Gasteiger partial charge in [0, 0.05) is 55.1 Å². The highest BCUT2D eigenvalue weighted by molar-refractivity contribution is 6.13. The number of furan rings is 1. The van der Waals surface area contributed by atoms with Crippen LogP contribution < -0.4 is 4.90 Å². The van der Waals surface area contributed by atoms with Crippen LogP contribution in [-0.4, -0.2) is 4.57 Å². The van der Waals surface area contributed by atoms with Crippen LogP contribution in [0.25, 0.3) is 105 Å². The highest BCUT2D eigenvalue weighted by Gasteiger charge is 2.53. The Morgan fingerprint density at radius 3 is 1.56 bits per heavy atom. The predicted molar refractivity (Wildman–Crippen MR) is 327 cm³/mol. The summed E-state index contributed by atoms with van der Waals surface area (Å²) >= 11 is 0. The molecule has 0 bridgehead atoms. The Hall–Kier alpha value is -9.96. The maximum atomic E-state index is 6.59. The quantitative estimate of drug-likeness (QED) is 0.166. The highest BCUT2D eigenvalue weighted by Crippen LogP contribution is 2.65. The molecule has 0 amide bonds. The molecule has 3 aliphatic rings. The second kappa shape index (κ2) is 16.3. The summed E-state index contributed by atoms with van der Waals surface area (Å²) in [6, 6.07) is 99.3. The maximum Gasteiger partial charge on any atom is 0.143 e. The molecule has 79 heavy (non-hydrogen) atoms. The third-order valence-electron chi connectivity index (χ3n) is 18.0. The van der Waals surface area contributed by atoms with Crippen LogP contribution in [0.15, 0.2) is 271 Å². The molecule has 2 aromatic heterocycles. The number of anilines is 3. The summed E-state index contributed by atoms with van der Waals surface area (Å²) in [5.74, 6) is 0. The second-order valence-electron chi connectivity index (χ2n) is 22.3. The Kier molecular flexibility index (Phi) is 9.11. The molecule has 0 atom stereocenters. The molecule has 17 rings (SSSR count). The SMILES string of the molecule is CC1(C)c2ccccc2-c2cc3c4cc(-c5ccc(N(c6ccc(-c7cccc8c7oc7ccccc78)cc6)c6cccc7c6C6(c8ccccc8-c8ccccc86)c6ccccc6-7)cc5)ccc4n(-c4ccccc4)c3cc21. The Morgan fingerprint density at radius 1 is 0.342 bits per heavy atom. The van der Waals surface area contributed by atoms with E-state index >= 15 is 0 Å². The molecule has 0 unspecified atom stereocenters. The lowest BCUT2D eigenvalue weighted by Crippen LogP contribution is -2.28. The molecule has 3 aliphatic carbocycles. The highest BCUT2D eigenvalue weighted by atomic mass is 16.3. The monoisotopic (exact) mass is 1010 g/mol. The Labute approximate surface area is 458 Å². The molecule has 0 saturated carbocycles. The summed E-state index contributed by atoms with van der Waals surface area (Å²) in [5.41, 5.74) is 28.3. The van der Waals surface area contributed by atoms with Crippen molar-refractivity contribution in [2.75, 3.05) is 4.90 Å². The summed E-state index contributed by atoms with van der Waals surface area (Å²) in [4.78, 5) is 2.50. The minimum atomic E-state index is -0.545. The number of rotatable bonds is 6. The number of aromatic nitrogens is 1. The fourth-order valence-corrected chi connectivity index (χ4v) is 14.6. The van der Waals surface area contributed by atoms with E-state index in [1.807, 2.05) is 6.07 Å². The van der Waals surface area contributed by atoms with E-state index in [2.05, 4.69) is 284 Å². The first-order chi connectivity index (χ1) is 38.9. The van der Waals surface area contributed by atoms with Gasteiger partial charge >= 0.3 is 0 Å². The lowest BCUT2D eigenvalue weighted by Gasteiger charge is -2.36. The van der Waals surface area contributed by atoms with E-state index in [0.29, 0.717) is 0 Å². The van der Waals surface area contributed by atoms with E-state index in [0.717, 1.165) is 61.4 Å². The summed E-state index contributed by atoms with van der Waals surface area (Å²) in [6.07, 6.45) is 0. The second-order valence-corrected chi connectivity index (χ2v) is 22.3. The molecule has 3 heteroatoms. The zero-order valence-corrected chi connectivity index (χ0v) is 43.7. The molecule has 0 saturated heterocycles. The van der Waals surface area contributed by atoms with Crippen molar-refractivity contribution in [1.29, 1.82) is 0 Å². The Bertz CT molecular complexity index is 4800. The van der Waals surface area contributed by atoms with Gasteiger partial charge in [-0.25, -0.2) is 0 Å². The van der Waals surface area contributed by atoms with Gasteiger partial charge in [-0.05, 0) is 151 Å². The van der Waals surface area contributed by atoms with E-state index in [1.54, 1.807) is 0 Å². The predicted octanol–water partition coefficient (Wildman–Crippen LogP) is 20.1. The molecule has 0 radical (unpaired) electrons. The molecule has 2 heterocycles. The van der Waals surface area contributed by atoms with Crippen LogP contribution in [-0.2, 0) is 10.8 Å². The van der Waals surface area contributed by atoms with Gasteiger partial charge in [-0.1, -0.05) is 208 Å². The lowest BCUT2D eigenvalue weighted by atomic mass is 9.70. The van der Waals surface area contributed by atoms with E-state index in [4.69, 9.17) is 4.42 Å². The van der Waals surface area contributed by atoms with Gasteiger partial charge in [-0.15, -0.1) is 0 Å². The average Bonchev–Trinajstić information content (AvgIpc) is 3.04. The van der Waals surface area contributed by atoms with Crippen molar-refractivity contribution in [3.05, 3.63) is 300 Å². The van der Waals surface area contributed by atoms with Gasteiger partial charge in [0.1, 0.15) is 11.2 Å². The number of benzene rings is 12. The van der Waals surface area contributed by atoms with Gasteiger partial charge in [0.2, 0.25) is 0 Å². The van der Waals surface area contributed by atoms with Gasteiger partial charge in [-0.2, -0.15) is 0 Å². The average molecular weight is 1010 g/mol. The third kappa shape index (κ3) is 6.02. The molecule has 3 nitrogen and oxygen atoms in total. The van der Waals surface area contributed by atoms with Crippen molar-refractivity contribution in [2.24, 2.45) is 0 Å². The fraction of sp³-hybridized carbons (Fsp3) is 0.0526. The molecule has 0 N–H and O–H groups in total. The first-order valence-corrected chi connectivity index (χ1v) is 27.6. The minimum absolute atomic E-state index is 0.110. The Balaban J connectivity index is 0.855. The van der Waals surface area contributed by atoms with Crippen LogP contribution in [0.2, 0.25) is 0 Å². The molecule has 0 aliphatic heterocycles. The number of nitrogens with zero attached hydrogens (tertiary/aromatic N) is 2. The van der Waals surface area contributed by atoms with Crippen LogP contribution in [0.1, 0.15) is 47.2 Å². The zero-order valence-electron chi connectivity index (χ0n) is 43.7. The van der Waals surface area contributed by atoms with E-state index in [-0.39, 0.29) is 5.41 Å². The number of hydrogen-bond donors (Lipinski definition) is 0.